The molecule has 0 aliphatic carbocycles. The van der Waals surface area contributed by atoms with Gasteiger partial charge >= 0.3 is 17.9 Å². The van der Waals surface area contributed by atoms with Gasteiger partial charge in [0.15, 0.2) is 24.6 Å². The Labute approximate surface area is 202 Å². The number of hydrogen-bond acceptors (Lipinski definition) is 8. The summed E-state index contributed by atoms with van der Waals surface area (Å²) in [7, 11) is 0. The molecule has 0 bridgehead atoms. The molecule has 1 heterocycles. The van der Waals surface area contributed by atoms with Gasteiger partial charge < -0.3 is 24.1 Å². The predicted octanol–water partition coefficient (Wildman–Crippen LogP) is 3.40. The van der Waals surface area contributed by atoms with Crippen molar-refractivity contribution < 1.29 is 38.4 Å². The number of aliphatic hydroxyl groups is 1. The minimum absolute atomic E-state index is 0.226. The lowest BCUT2D eigenvalue weighted by Gasteiger charge is -2.42. The maximum atomic E-state index is 12.9. The van der Waals surface area contributed by atoms with Gasteiger partial charge in [0.1, 0.15) is 0 Å². The third-order valence-electron chi connectivity index (χ3n) is 5.50. The van der Waals surface area contributed by atoms with Gasteiger partial charge in [-0.15, -0.1) is 0 Å². The van der Waals surface area contributed by atoms with Crippen LogP contribution in [-0.4, -0.2) is 53.7 Å². The molecular formula is C27H24O8. The number of esters is 3. The van der Waals surface area contributed by atoms with E-state index in [0.717, 1.165) is 0 Å². The maximum Gasteiger partial charge on any atom is 0.338 e. The van der Waals surface area contributed by atoms with Crippen molar-refractivity contribution in [2.45, 2.75) is 37.6 Å². The molecule has 0 unspecified atom stereocenters. The molecule has 8 heteroatoms. The Kier molecular flexibility index (Phi) is 7.54. The van der Waals surface area contributed by atoms with Gasteiger partial charge in [0.05, 0.1) is 22.8 Å². The summed E-state index contributed by atoms with van der Waals surface area (Å²) < 4.78 is 22.4. The van der Waals surface area contributed by atoms with Gasteiger partial charge in [-0.3, -0.25) is 0 Å². The van der Waals surface area contributed by atoms with Gasteiger partial charge in [-0.25, -0.2) is 14.4 Å². The zero-order valence-electron chi connectivity index (χ0n) is 18.9. The number of benzene rings is 3. The van der Waals surface area contributed by atoms with Crippen LogP contribution in [0.1, 0.15) is 38.0 Å². The Balaban J connectivity index is 1.63. The molecule has 0 spiro atoms. The summed E-state index contributed by atoms with van der Waals surface area (Å²) in [6, 6.07) is 24.6. The zero-order valence-corrected chi connectivity index (χ0v) is 18.9. The fourth-order valence-corrected chi connectivity index (χ4v) is 3.71. The normalized spacial score (nSPS) is 23.7. The van der Waals surface area contributed by atoms with Crippen LogP contribution in [0.3, 0.4) is 0 Å². The summed E-state index contributed by atoms with van der Waals surface area (Å²) in [4.78, 5) is 38.5. The van der Waals surface area contributed by atoms with Gasteiger partial charge in [0.2, 0.25) is 0 Å². The predicted molar refractivity (Wildman–Crippen MR) is 123 cm³/mol. The van der Waals surface area contributed by atoms with E-state index >= 15 is 0 Å². The van der Waals surface area contributed by atoms with Crippen molar-refractivity contribution in [3.8, 4) is 0 Å². The Bertz CT molecular complexity index is 1080. The van der Waals surface area contributed by atoms with Gasteiger partial charge in [0, 0.05) is 0 Å². The van der Waals surface area contributed by atoms with Crippen LogP contribution in [0.4, 0.5) is 0 Å². The minimum atomic E-state index is -1.63. The highest BCUT2D eigenvalue weighted by Crippen LogP contribution is 2.29. The van der Waals surface area contributed by atoms with Crippen LogP contribution in [0.15, 0.2) is 91.0 Å². The van der Waals surface area contributed by atoms with Crippen LogP contribution in [-0.2, 0) is 18.9 Å². The number of rotatable bonds is 6. The lowest BCUT2D eigenvalue weighted by molar-refractivity contribution is -0.275. The lowest BCUT2D eigenvalue weighted by Crippen LogP contribution is -2.60. The molecule has 0 aromatic heterocycles. The van der Waals surface area contributed by atoms with Crippen LogP contribution in [0.25, 0.3) is 0 Å². The first-order valence-electron chi connectivity index (χ1n) is 11.1. The van der Waals surface area contributed by atoms with E-state index in [-0.39, 0.29) is 16.7 Å². The second kappa shape index (κ2) is 10.9. The van der Waals surface area contributed by atoms with Crippen LogP contribution in [0, 0.1) is 0 Å². The number of hydrogen-bond donors (Lipinski definition) is 1. The molecule has 1 aliphatic heterocycles. The topological polar surface area (TPSA) is 108 Å². The highest BCUT2D eigenvalue weighted by atomic mass is 16.7. The summed E-state index contributed by atoms with van der Waals surface area (Å²) in [5.74, 6) is -2.18. The van der Waals surface area contributed by atoms with Gasteiger partial charge in [-0.05, 0) is 43.3 Å². The van der Waals surface area contributed by atoms with Crippen molar-refractivity contribution in [3.05, 3.63) is 108 Å². The molecule has 8 nitrogen and oxygen atoms in total. The second-order valence-corrected chi connectivity index (χ2v) is 7.94. The van der Waals surface area contributed by atoms with Crippen molar-refractivity contribution in [3.63, 3.8) is 0 Å². The molecule has 1 aliphatic rings. The Morgan fingerprint density at radius 2 is 0.943 bits per heavy atom. The number of aliphatic hydroxyl groups excluding tert-OH is 1. The first-order valence-corrected chi connectivity index (χ1v) is 11.1. The highest BCUT2D eigenvalue weighted by molar-refractivity contribution is 5.91. The lowest BCUT2D eigenvalue weighted by atomic mass is 9.98. The number of ether oxygens (including phenoxy) is 4. The zero-order chi connectivity index (χ0) is 24.8. The molecule has 1 N–H and O–H groups in total. The van der Waals surface area contributed by atoms with Crippen molar-refractivity contribution >= 4 is 17.9 Å². The average Bonchev–Trinajstić information content (AvgIpc) is 2.89. The third kappa shape index (κ3) is 5.74. The van der Waals surface area contributed by atoms with Crippen LogP contribution < -0.4 is 0 Å². The SMILES string of the molecule is C[C@@H]1O[C@@H](O)[C@@H](OC(=O)c2ccccc2)[C@@H](OC(=O)c2ccccc2)[C@@H]1OC(=O)c1ccccc1. The summed E-state index contributed by atoms with van der Waals surface area (Å²) in [6.07, 6.45) is -6.48. The van der Waals surface area contributed by atoms with E-state index in [0.29, 0.717) is 0 Å². The fourth-order valence-electron chi connectivity index (χ4n) is 3.71. The molecule has 4 rings (SSSR count). The van der Waals surface area contributed by atoms with E-state index in [2.05, 4.69) is 0 Å². The standard InChI is InChI=1S/C27H24O8/c1-17-21(33-24(28)18-11-5-2-6-12-18)22(34-25(29)19-13-7-3-8-14-19)23(27(31)32-17)35-26(30)20-15-9-4-10-16-20/h2-17,21-23,27,31H,1H3/t17-,21+,22-,23-,27+/m0/s1. The van der Waals surface area contributed by atoms with E-state index in [1.54, 1.807) is 97.9 Å². The van der Waals surface area contributed by atoms with E-state index in [1.165, 1.54) is 0 Å². The molecule has 0 amide bonds. The first-order chi connectivity index (χ1) is 16.9. The minimum Gasteiger partial charge on any atom is -0.452 e. The Morgan fingerprint density at radius 1 is 0.600 bits per heavy atom. The molecule has 35 heavy (non-hydrogen) atoms. The summed E-state index contributed by atoms with van der Waals surface area (Å²) in [5, 5.41) is 10.6. The van der Waals surface area contributed by atoms with Crippen molar-refractivity contribution in [1.82, 2.24) is 0 Å². The molecular weight excluding hydrogens is 452 g/mol. The number of carbonyl (C=O) groups excluding carboxylic acids is 3. The van der Waals surface area contributed by atoms with Crippen LogP contribution >= 0.6 is 0 Å². The van der Waals surface area contributed by atoms with E-state index in [9.17, 15) is 19.5 Å². The highest BCUT2D eigenvalue weighted by Gasteiger charge is 2.50. The smallest absolute Gasteiger partial charge is 0.338 e. The number of carbonyl (C=O) groups is 3. The fraction of sp³-hybridized carbons (Fsp3) is 0.222. The van der Waals surface area contributed by atoms with Crippen molar-refractivity contribution in [1.29, 1.82) is 0 Å². The molecule has 5 atom stereocenters. The molecule has 180 valence electrons. The third-order valence-corrected chi connectivity index (χ3v) is 5.50. The van der Waals surface area contributed by atoms with Gasteiger partial charge in [-0.2, -0.15) is 0 Å². The van der Waals surface area contributed by atoms with Crippen LogP contribution in [0.5, 0.6) is 0 Å². The van der Waals surface area contributed by atoms with Crippen molar-refractivity contribution in [2.75, 3.05) is 0 Å². The van der Waals surface area contributed by atoms with Gasteiger partial charge in [-0.1, -0.05) is 54.6 Å². The molecule has 1 saturated heterocycles. The monoisotopic (exact) mass is 476 g/mol. The van der Waals surface area contributed by atoms with E-state index in [1.807, 2.05) is 0 Å². The molecule has 0 saturated carbocycles. The maximum absolute atomic E-state index is 12.9. The van der Waals surface area contributed by atoms with Gasteiger partial charge in [0.25, 0.3) is 0 Å². The largest absolute Gasteiger partial charge is 0.452 e. The quantitative estimate of drug-likeness (QED) is 0.426. The summed E-state index contributed by atoms with van der Waals surface area (Å²) >= 11 is 0. The van der Waals surface area contributed by atoms with E-state index in [4.69, 9.17) is 18.9 Å². The second-order valence-electron chi connectivity index (χ2n) is 7.94. The van der Waals surface area contributed by atoms with Crippen molar-refractivity contribution in [2.24, 2.45) is 0 Å². The Hall–Kier alpha value is -4.01. The molecule has 3 aromatic rings. The Morgan fingerprint density at radius 3 is 1.34 bits per heavy atom. The van der Waals surface area contributed by atoms with E-state index < -0.39 is 48.6 Å². The molecule has 1 fully saturated rings. The van der Waals surface area contributed by atoms with Crippen LogP contribution in [0.2, 0.25) is 0 Å². The average molecular weight is 476 g/mol. The summed E-state index contributed by atoms with van der Waals surface area (Å²) in [5.41, 5.74) is 0.739. The summed E-state index contributed by atoms with van der Waals surface area (Å²) in [6.45, 7) is 1.56. The first kappa shape index (κ1) is 24.1. The molecule has 0 radical (unpaired) electrons. The molecule has 3 aromatic carbocycles.